The first kappa shape index (κ1) is 19.0. The molecule has 2 amide bonds. The minimum atomic E-state index is -4.45. The third kappa shape index (κ3) is 5.34. The van der Waals surface area contributed by atoms with Gasteiger partial charge in [0.1, 0.15) is 0 Å². The van der Waals surface area contributed by atoms with Crippen molar-refractivity contribution in [1.82, 2.24) is 5.32 Å². The van der Waals surface area contributed by atoms with Gasteiger partial charge in [0.15, 0.2) is 0 Å². The van der Waals surface area contributed by atoms with Crippen molar-refractivity contribution in [1.29, 1.82) is 0 Å². The molecule has 1 aliphatic carbocycles. The number of halogens is 3. The molecule has 1 aromatic carbocycles. The van der Waals surface area contributed by atoms with E-state index in [9.17, 15) is 22.8 Å². The molecule has 0 atom stereocenters. The summed E-state index contributed by atoms with van der Waals surface area (Å²) >= 11 is 0. The first-order chi connectivity index (χ1) is 11.8. The number of carbonyl (C=O) groups is 2. The Kier molecular flexibility index (Phi) is 6.22. The van der Waals surface area contributed by atoms with Crippen molar-refractivity contribution in [2.45, 2.75) is 31.9 Å². The number of rotatable bonds is 5. The third-order valence-corrected chi connectivity index (χ3v) is 4.35. The molecule has 1 fully saturated rings. The molecule has 1 aromatic rings. The first-order valence-corrected chi connectivity index (χ1v) is 8.18. The average Bonchev–Trinajstić information content (AvgIpc) is 2.59. The molecule has 2 rings (SSSR count). The fraction of sp³-hybridized carbons (Fsp3) is 0.444. The van der Waals surface area contributed by atoms with Gasteiger partial charge >= 0.3 is 6.18 Å². The van der Waals surface area contributed by atoms with Crippen LogP contribution in [0.15, 0.2) is 36.9 Å². The predicted octanol–water partition coefficient (Wildman–Crippen LogP) is 3.75. The maximum Gasteiger partial charge on any atom is 0.416 e. The largest absolute Gasteiger partial charge is 0.416 e. The molecule has 7 heteroatoms. The third-order valence-electron chi connectivity index (χ3n) is 4.35. The number of amides is 2. The Balaban J connectivity index is 1.89. The molecule has 1 aliphatic rings. The van der Waals surface area contributed by atoms with Crippen LogP contribution in [-0.2, 0) is 15.8 Å². The smallest absolute Gasteiger partial charge is 0.352 e. The molecule has 4 nitrogen and oxygen atoms in total. The van der Waals surface area contributed by atoms with Crippen LogP contribution >= 0.6 is 0 Å². The number of benzene rings is 1. The summed E-state index contributed by atoms with van der Waals surface area (Å²) in [6.45, 7) is 3.95. The Bertz CT molecular complexity index is 635. The fourth-order valence-electron chi connectivity index (χ4n) is 2.95. The van der Waals surface area contributed by atoms with Crippen LogP contribution in [0.25, 0.3) is 0 Å². The highest BCUT2D eigenvalue weighted by Crippen LogP contribution is 2.32. The predicted molar refractivity (Wildman–Crippen MR) is 88.7 cm³/mol. The van der Waals surface area contributed by atoms with Gasteiger partial charge in [0, 0.05) is 24.1 Å². The monoisotopic (exact) mass is 354 g/mol. The zero-order valence-electron chi connectivity index (χ0n) is 13.7. The van der Waals surface area contributed by atoms with Crippen molar-refractivity contribution in [3.05, 3.63) is 42.5 Å². The Morgan fingerprint density at radius 1 is 1.12 bits per heavy atom. The van der Waals surface area contributed by atoms with E-state index < -0.39 is 11.7 Å². The normalized spacial score (nSPS) is 20.6. The van der Waals surface area contributed by atoms with E-state index in [4.69, 9.17) is 0 Å². The molecule has 0 saturated heterocycles. The molecular formula is C18H21F3N2O2. The summed E-state index contributed by atoms with van der Waals surface area (Å²) in [4.78, 5) is 24.2. The van der Waals surface area contributed by atoms with Gasteiger partial charge in [-0.25, -0.2) is 0 Å². The number of nitrogens with one attached hydrogen (secondary N) is 2. The molecule has 0 bridgehead atoms. The SMILES string of the molecule is C=CCNC(=O)C1CCC(C(=O)Nc2cccc(C(F)(F)F)c2)CC1. The Labute approximate surface area is 144 Å². The Morgan fingerprint density at radius 2 is 1.72 bits per heavy atom. The van der Waals surface area contributed by atoms with E-state index in [0.717, 1.165) is 12.1 Å². The summed E-state index contributed by atoms with van der Waals surface area (Å²) in [6.07, 6.45) is -0.592. The van der Waals surface area contributed by atoms with E-state index in [1.54, 1.807) is 6.08 Å². The van der Waals surface area contributed by atoms with Gasteiger partial charge < -0.3 is 10.6 Å². The van der Waals surface area contributed by atoms with Crippen molar-refractivity contribution in [3.8, 4) is 0 Å². The summed E-state index contributed by atoms with van der Waals surface area (Å²) in [7, 11) is 0. The van der Waals surface area contributed by atoms with Gasteiger partial charge in [-0.3, -0.25) is 9.59 Å². The molecule has 2 N–H and O–H groups in total. The van der Waals surface area contributed by atoms with Gasteiger partial charge in [-0.1, -0.05) is 12.1 Å². The second-order valence-corrected chi connectivity index (χ2v) is 6.15. The molecule has 0 spiro atoms. The minimum Gasteiger partial charge on any atom is -0.352 e. The van der Waals surface area contributed by atoms with Crippen molar-refractivity contribution in [3.63, 3.8) is 0 Å². The average molecular weight is 354 g/mol. The molecular weight excluding hydrogens is 333 g/mol. The summed E-state index contributed by atoms with van der Waals surface area (Å²) in [5.74, 6) is -0.767. The van der Waals surface area contributed by atoms with E-state index >= 15 is 0 Å². The topological polar surface area (TPSA) is 58.2 Å². The van der Waals surface area contributed by atoms with Crippen LogP contribution in [0, 0.1) is 11.8 Å². The maximum atomic E-state index is 12.7. The van der Waals surface area contributed by atoms with Crippen LogP contribution in [0.4, 0.5) is 18.9 Å². The minimum absolute atomic E-state index is 0.0448. The van der Waals surface area contributed by atoms with E-state index in [2.05, 4.69) is 17.2 Å². The fourth-order valence-corrected chi connectivity index (χ4v) is 2.95. The first-order valence-electron chi connectivity index (χ1n) is 8.18. The molecule has 0 radical (unpaired) electrons. The highest BCUT2D eigenvalue weighted by molar-refractivity contribution is 5.92. The summed E-state index contributed by atoms with van der Waals surface area (Å²) in [5, 5.41) is 5.29. The second kappa shape index (κ2) is 8.18. The van der Waals surface area contributed by atoms with E-state index in [0.29, 0.717) is 32.2 Å². The molecule has 0 heterocycles. The van der Waals surface area contributed by atoms with Crippen LogP contribution in [-0.4, -0.2) is 18.4 Å². The number of anilines is 1. The summed E-state index contributed by atoms with van der Waals surface area (Å²) < 4.78 is 38.1. The van der Waals surface area contributed by atoms with Gasteiger partial charge in [-0.15, -0.1) is 6.58 Å². The molecule has 1 saturated carbocycles. The van der Waals surface area contributed by atoms with Crippen LogP contribution in [0.1, 0.15) is 31.2 Å². The van der Waals surface area contributed by atoms with Crippen LogP contribution in [0.2, 0.25) is 0 Å². The lowest BCUT2D eigenvalue weighted by Crippen LogP contribution is -2.35. The van der Waals surface area contributed by atoms with Gasteiger partial charge in [0.05, 0.1) is 5.56 Å². The van der Waals surface area contributed by atoms with Gasteiger partial charge in [0.2, 0.25) is 11.8 Å². The molecule has 0 unspecified atom stereocenters. The number of carbonyl (C=O) groups excluding carboxylic acids is 2. The lowest BCUT2D eigenvalue weighted by Gasteiger charge is -2.27. The Hall–Kier alpha value is -2.31. The molecule has 25 heavy (non-hydrogen) atoms. The lowest BCUT2D eigenvalue weighted by molar-refractivity contribution is -0.137. The van der Waals surface area contributed by atoms with Crippen molar-refractivity contribution in [2.24, 2.45) is 11.8 Å². The highest BCUT2D eigenvalue weighted by Gasteiger charge is 2.32. The number of alkyl halides is 3. The Morgan fingerprint density at radius 3 is 2.28 bits per heavy atom. The van der Waals surface area contributed by atoms with Crippen LogP contribution in [0.5, 0.6) is 0 Å². The van der Waals surface area contributed by atoms with Crippen LogP contribution in [0.3, 0.4) is 0 Å². The molecule has 136 valence electrons. The van der Waals surface area contributed by atoms with Crippen molar-refractivity contribution >= 4 is 17.5 Å². The standard InChI is InChI=1S/C18H21F3N2O2/c1-2-10-22-16(24)12-6-8-13(9-7-12)17(25)23-15-5-3-4-14(11-15)18(19,20)21/h2-5,11-13H,1,6-10H2,(H,22,24)(H,23,25). The zero-order chi connectivity index (χ0) is 18.4. The van der Waals surface area contributed by atoms with Gasteiger partial charge in [0.25, 0.3) is 0 Å². The maximum absolute atomic E-state index is 12.7. The van der Waals surface area contributed by atoms with E-state index in [1.807, 2.05) is 0 Å². The number of hydrogen-bond acceptors (Lipinski definition) is 2. The second-order valence-electron chi connectivity index (χ2n) is 6.15. The van der Waals surface area contributed by atoms with E-state index in [1.165, 1.54) is 12.1 Å². The summed E-state index contributed by atoms with van der Waals surface area (Å²) in [5.41, 5.74) is -0.668. The summed E-state index contributed by atoms with van der Waals surface area (Å²) in [6, 6.07) is 4.58. The van der Waals surface area contributed by atoms with E-state index in [-0.39, 0.29) is 29.3 Å². The quantitative estimate of drug-likeness (QED) is 0.791. The van der Waals surface area contributed by atoms with Crippen molar-refractivity contribution < 1.29 is 22.8 Å². The lowest BCUT2D eigenvalue weighted by atomic mass is 9.81. The molecule has 0 aromatic heterocycles. The number of hydrogen-bond donors (Lipinski definition) is 2. The highest BCUT2D eigenvalue weighted by atomic mass is 19.4. The zero-order valence-corrected chi connectivity index (χ0v) is 13.7. The van der Waals surface area contributed by atoms with Gasteiger partial charge in [-0.05, 0) is 43.9 Å². The molecule has 0 aliphatic heterocycles. The van der Waals surface area contributed by atoms with Gasteiger partial charge in [-0.2, -0.15) is 13.2 Å². The van der Waals surface area contributed by atoms with Crippen molar-refractivity contribution in [2.75, 3.05) is 11.9 Å². The van der Waals surface area contributed by atoms with Crippen LogP contribution < -0.4 is 10.6 Å².